The van der Waals surface area contributed by atoms with E-state index < -0.39 is 23.8 Å². The van der Waals surface area contributed by atoms with Crippen molar-refractivity contribution in [1.29, 1.82) is 0 Å². The zero-order valence-electron chi connectivity index (χ0n) is 22.4. The Bertz CT molecular complexity index is 1020. The van der Waals surface area contributed by atoms with E-state index in [1.165, 1.54) is 4.90 Å². The second-order valence-corrected chi connectivity index (χ2v) is 10.8. The van der Waals surface area contributed by atoms with Gasteiger partial charge in [-0.2, -0.15) is 11.8 Å². The van der Waals surface area contributed by atoms with E-state index in [0.29, 0.717) is 18.7 Å². The average molecular weight is 514 g/mol. The third kappa shape index (κ3) is 8.59. The first-order chi connectivity index (χ1) is 16.9. The van der Waals surface area contributed by atoms with Gasteiger partial charge >= 0.3 is 6.09 Å². The topological polar surface area (TPSA) is 87.7 Å². The standard InChI is InChI=1S/C28H39N3O4S/c1-19-12-11-13-20(2)23(19)24(25(32)29-18-21-14-9-8-10-15-21)31(6)26(33)22(16-17-36-7)30-27(34)35-28(3,4)5/h8-15,22,24H,16-18H2,1-7H3,(H,29,32)(H,30,34). The molecule has 0 radical (unpaired) electrons. The second-order valence-electron chi connectivity index (χ2n) is 9.84. The second kappa shape index (κ2) is 13.3. The smallest absolute Gasteiger partial charge is 0.408 e. The molecular weight excluding hydrogens is 474 g/mol. The van der Waals surface area contributed by atoms with Crippen molar-refractivity contribution in [3.05, 3.63) is 70.8 Å². The summed E-state index contributed by atoms with van der Waals surface area (Å²) in [6, 6.07) is 13.7. The Labute approximate surface area is 219 Å². The average Bonchev–Trinajstić information content (AvgIpc) is 2.81. The van der Waals surface area contributed by atoms with Gasteiger partial charge in [-0.25, -0.2) is 4.79 Å². The molecule has 0 saturated carbocycles. The summed E-state index contributed by atoms with van der Waals surface area (Å²) < 4.78 is 5.39. The van der Waals surface area contributed by atoms with E-state index in [2.05, 4.69) is 10.6 Å². The summed E-state index contributed by atoms with van der Waals surface area (Å²) in [5.41, 5.74) is 2.87. The zero-order valence-corrected chi connectivity index (χ0v) is 23.2. The van der Waals surface area contributed by atoms with E-state index >= 15 is 0 Å². The Kier molecular flexibility index (Phi) is 10.8. The van der Waals surface area contributed by atoms with Crippen molar-refractivity contribution in [2.45, 2.75) is 65.3 Å². The van der Waals surface area contributed by atoms with Crippen LogP contribution < -0.4 is 10.6 Å². The summed E-state index contributed by atoms with van der Waals surface area (Å²) >= 11 is 1.58. The van der Waals surface area contributed by atoms with Crippen LogP contribution in [0.25, 0.3) is 0 Å². The number of amides is 3. The van der Waals surface area contributed by atoms with Crippen LogP contribution in [0.4, 0.5) is 4.79 Å². The molecule has 0 heterocycles. The van der Waals surface area contributed by atoms with Crippen LogP contribution in [0.1, 0.15) is 55.5 Å². The summed E-state index contributed by atoms with van der Waals surface area (Å²) in [5.74, 6) is 0.0271. The van der Waals surface area contributed by atoms with Gasteiger partial charge in [0.25, 0.3) is 0 Å². The first-order valence-electron chi connectivity index (χ1n) is 12.1. The minimum absolute atomic E-state index is 0.284. The van der Waals surface area contributed by atoms with E-state index in [1.807, 2.05) is 68.6 Å². The lowest BCUT2D eigenvalue weighted by Gasteiger charge is -2.33. The maximum atomic E-state index is 13.7. The van der Waals surface area contributed by atoms with Gasteiger partial charge in [0.1, 0.15) is 17.7 Å². The van der Waals surface area contributed by atoms with Crippen LogP contribution in [0.15, 0.2) is 48.5 Å². The Morgan fingerprint density at radius 3 is 2.17 bits per heavy atom. The fourth-order valence-electron chi connectivity index (χ4n) is 3.96. The number of ether oxygens (including phenoxy) is 1. The fourth-order valence-corrected chi connectivity index (χ4v) is 4.43. The summed E-state index contributed by atoms with van der Waals surface area (Å²) in [5, 5.41) is 5.72. The molecule has 0 aliphatic rings. The lowest BCUT2D eigenvalue weighted by molar-refractivity contribution is -0.141. The van der Waals surface area contributed by atoms with Crippen LogP contribution >= 0.6 is 11.8 Å². The van der Waals surface area contributed by atoms with Crippen molar-refractivity contribution in [1.82, 2.24) is 15.5 Å². The molecule has 0 bridgehead atoms. The predicted molar refractivity (Wildman–Crippen MR) is 146 cm³/mol. The number of likely N-dealkylation sites (N-methyl/N-ethyl adjacent to an activating group) is 1. The molecule has 0 saturated heterocycles. The minimum atomic E-state index is -0.861. The highest BCUT2D eigenvalue weighted by Gasteiger charge is 2.35. The Morgan fingerprint density at radius 1 is 1.00 bits per heavy atom. The molecule has 8 heteroatoms. The summed E-state index contributed by atoms with van der Waals surface area (Å²) in [7, 11) is 1.61. The predicted octanol–water partition coefficient (Wildman–Crippen LogP) is 4.77. The van der Waals surface area contributed by atoms with Gasteiger partial charge in [0.2, 0.25) is 11.8 Å². The SMILES string of the molecule is CSCCC(NC(=O)OC(C)(C)C)C(=O)N(C)C(C(=O)NCc1ccccc1)c1c(C)cccc1C. The summed E-state index contributed by atoms with van der Waals surface area (Å²) in [4.78, 5) is 41.3. The van der Waals surface area contributed by atoms with E-state index in [4.69, 9.17) is 4.74 Å². The van der Waals surface area contributed by atoms with Crippen molar-refractivity contribution < 1.29 is 19.1 Å². The minimum Gasteiger partial charge on any atom is -0.444 e. The third-order valence-corrected chi connectivity index (χ3v) is 6.35. The fraction of sp³-hybridized carbons (Fsp3) is 0.464. The molecule has 3 amide bonds. The van der Waals surface area contributed by atoms with Crippen molar-refractivity contribution >= 4 is 29.7 Å². The highest BCUT2D eigenvalue weighted by Crippen LogP contribution is 2.28. The number of nitrogens with one attached hydrogen (secondary N) is 2. The first kappa shape index (κ1) is 29.2. The molecule has 2 rings (SSSR count). The number of benzene rings is 2. The van der Waals surface area contributed by atoms with Crippen LogP contribution in [0.2, 0.25) is 0 Å². The van der Waals surface area contributed by atoms with Gasteiger partial charge in [-0.3, -0.25) is 9.59 Å². The van der Waals surface area contributed by atoms with Gasteiger partial charge in [-0.05, 0) is 75.3 Å². The van der Waals surface area contributed by atoms with Crippen molar-refractivity contribution in [2.75, 3.05) is 19.1 Å². The molecule has 0 aliphatic heterocycles. The number of alkyl carbamates (subject to hydrolysis) is 1. The number of aryl methyl sites for hydroxylation is 2. The Hall–Kier alpha value is -3.00. The maximum Gasteiger partial charge on any atom is 0.408 e. The monoisotopic (exact) mass is 513 g/mol. The van der Waals surface area contributed by atoms with Crippen LogP contribution in [-0.2, 0) is 20.9 Å². The molecule has 196 valence electrons. The molecule has 2 N–H and O–H groups in total. The molecule has 0 spiro atoms. The summed E-state index contributed by atoms with van der Waals surface area (Å²) in [6.45, 7) is 9.52. The van der Waals surface area contributed by atoms with Crippen molar-refractivity contribution in [2.24, 2.45) is 0 Å². The number of rotatable bonds is 10. The van der Waals surface area contributed by atoms with Crippen LogP contribution in [0, 0.1) is 13.8 Å². The Morgan fingerprint density at radius 2 is 1.61 bits per heavy atom. The van der Waals surface area contributed by atoms with Gasteiger partial charge in [0, 0.05) is 13.6 Å². The van der Waals surface area contributed by atoms with Crippen LogP contribution in [0.3, 0.4) is 0 Å². The lowest BCUT2D eigenvalue weighted by atomic mass is 9.94. The van der Waals surface area contributed by atoms with Gasteiger partial charge in [0.05, 0.1) is 0 Å². The van der Waals surface area contributed by atoms with Crippen LogP contribution in [-0.4, -0.2) is 53.5 Å². The molecule has 2 aromatic carbocycles. The van der Waals surface area contributed by atoms with E-state index in [9.17, 15) is 14.4 Å². The van der Waals surface area contributed by atoms with E-state index in [-0.39, 0.29) is 11.8 Å². The molecule has 2 unspecified atom stereocenters. The summed E-state index contributed by atoms with van der Waals surface area (Å²) in [6.07, 6.45) is 1.69. The van der Waals surface area contributed by atoms with Crippen molar-refractivity contribution in [3.8, 4) is 0 Å². The molecule has 0 aliphatic carbocycles. The number of hydrogen-bond acceptors (Lipinski definition) is 5. The molecule has 0 fully saturated rings. The molecule has 2 aromatic rings. The molecule has 7 nitrogen and oxygen atoms in total. The van der Waals surface area contributed by atoms with Gasteiger partial charge in [-0.15, -0.1) is 0 Å². The maximum absolute atomic E-state index is 13.7. The zero-order chi connectivity index (χ0) is 26.9. The molecule has 2 atom stereocenters. The highest BCUT2D eigenvalue weighted by atomic mass is 32.2. The number of hydrogen-bond donors (Lipinski definition) is 2. The van der Waals surface area contributed by atoms with Gasteiger partial charge < -0.3 is 20.3 Å². The third-order valence-electron chi connectivity index (χ3n) is 5.71. The number of carbonyl (C=O) groups is 3. The van der Waals surface area contributed by atoms with E-state index in [1.54, 1.807) is 39.6 Å². The van der Waals surface area contributed by atoms with Crippen LogP contribution in [0.5, 0.6) is 0 Å². The molecular formula is C28H39N3O4S. The van der Waals surface area contributed by atoms with E-state index in [0.717, 1.165) is 22.3 Å². The van der Waals surface area contributed by atoms with Gasteiger partial charge in [0.15, 0.2) is 0 Å². The number of nitrogens with zero attached hydrogens (tertiary/aromatic N) is 1. The molecule has 36 heavy (non-hydrogen) atoms. The number of carbonyl (C=O) groups excluding carboxylic acids is 3. The molecule has 0 aromatic heterocycles. The largest absolute Gasteiger partial charge is 0.444 e. The lowest BCUT2D eigenvalue weighted by Crippen LogP contribution is -2.52. The highest BCUT2D eigenvalue weighted by molar-refractivity contribution is 7.98. The Balaban J connectivity index is 2.36. The normalized spacial score (nSPS) is 12.9. The number of thioether (sulfide) groups is 1. The first-order valence-corrected chi connectivity index (χ1v) is 13.5. The quantitative estimate of drug-likeness (QED) is 0.478. The van der Waals surface area contributed by atoms with Crippen molar-refractivity contribution in [3.63, 3.8) is 0 Å². The van der Waals surface area contributed by atoms with Gasteiger partial charge in [-0.1, -0.05) is 48.5 Å².